The number of nitrogens with zero attached hydrogens (tertiary/aromatic N) is 1. The van der Waals surface area contributed by atoms with Crippen LogP contribution in [0.2, 0.25) is 0 Å². The van der Waals surface area contributed by atoms with E-state index in [1.807, 2.05) is 20.8 Å². The summed E-state index contributed by atoms with van der Waals surface area (Å²) in [5.41, 5.74) is 0.714. The maximum absolute atomic E-state index is 12.6. The van der Waals surface area contributed by atoms with Gasteiger partial charge in [-0.3, -0.25) is 14.6 Å². The molecule has 1 aromatic heterocycles. The van der Waals surface area contributed by atoms with Crippen LogP contribution in [-0.2, 0) is 29.4 Å². The van der Waals surface area contributed by atoms with E-state index >= 15 is 0 Å². The van der Waals surface area contributed by atoms with E-state index in [-0.39, 0.29) is 15.4 Å². The van der Waals surface area contributed by atoms with Crippen LogP contribution in [0.3, 0.4) is 0 Å². The van der Waals surface area contributed by atoms with Crippen LogP contribution in [0.15, 0.2) is 52.3 Å². The molecular weight excluding hydrogens is 557 g/mol. The summed E-state index contributed by atoms with van der Waals surface area (Å²) >= 11 is 2.06. The van der Waals surface area contributed by atoms with Crippen molar-refractivity contribution in [2.24, 2.45) is 0 Å². The lowest BCUT2D eigenvalue weighted by Crippen LogP contribution is -2.17. The molecule has 0 saturated carbocycles. The number of nitrogens with one attached hydrogen (secondary N) is 2. The summed E-state index contributed by atoms with van der Waals surface area (Å²) in [5, 5.41) is 7.65. The molecule has 9 nitrogen and oxygen atoms in total. The number of aromatic nitrogens is 2. The van der Waals surface area contributed by atoms with E-state index in [0.29, 0.717) is 17.7 Å². The van der Waals surface area contributed by atoms with Gasteiger partial charge in [-0.1, -0.05) is 12.1 Å². The third-order valence-corrected chi connectivity index (χ3v) is 7.25. The second-order valence-corrected chi connectivity index (χ2v) is 12.1. The molecule has 0 radical (unpaired) electrons. The monoisotopic (exact) mass is 579 g/mol. The van der Waals surface area contributed by atoms with Crippen molar-refractivity contribution in [1.29, 1.82) is 0 Å². The minimum absolute atomic E-state index is 0.239. The first-order chi connectivity index (χ1) is 14.2. The predicted octanol–water partition coefficient (Wildman–Crippen LogP) is 3.33. The molecule has 3 rings (SSSR count). The number of fused-ring (bicyclic) bond motifs is 1. The molecular formula is C19H22IN3O6S2. The largest absolute Gasteiger partial charge is 0.462 e. The minimum Gasteiger partial charge on any atom is -0.462 e. The van der Waals surface area contributed by atoms with Gasteiger partial charge in [0.2, 0.25) is 0 Å². The summed E-state index contributed by atoms with van der Waals surface area (Å²) < 4.78 is 56.7. The number of ether oxygens (including phenoxy) is 1. The Hall–Kier alpha value is -2.19. The fourth-order valence-electron chi connectivity index (χ4n) is 2.38. The van der Waals surface area contributed by atoms with Gasteiger partial charge in [-0.25, -0.2) is 16.8 Å². The Morgan fingerprint density at radius 3 is 2.19 bits per heavy atom. The topological polar surface area (TPSA) is 135 Å². The van der Waals surface area contributed by atoms with Crippen molar-refractivity contribution in [1.82, 2.24) is 10.2 Å². The molecule has 0 aliphatic carbocycles. The van der Waals surface area contributed by atoms with Gasteiger partial charge in [-0.2, -0.15) is 5.10 Å². The Labute approximate surface area is 194 Å². The van der Waals surface area contributed by atoms with Crippen molar-refractivity contribution < 1.29 is 26.4 Å². The summed E-state index contributed by atoms with van der Waals surface area (Å²) in [6, 6.07) is 10.4. The number of aromatic amines is 1. The van der Waals surface area contributed by atoms with Crippen molar-refractivity contribution in [3.05, 3.63) is 46.2 Å². The van der Waals surface area contributed by atoms with Crippen LogP contribution in [-0.4, -0.2) is 45.4 Å². The SMILES string of the molecule is CC(C)(C)OC=O.CS(=O)(=O)c1ccccc1S(=O)(=O)Nc1ccc2n[nH]c(I)c2c1. The molecule has 3 aromatic rings. The highest BCUT2D eigenvalue weighted by Gasteiger charge is 2.23. The van der Waals surface area contributed by atoms with Gasteiger partial charge >= 0.3 is 0 Å². The molecule has 2 N–H and O–H groups in total. The summed E-state index contributed by atoms with van der Waals surface area (Å²) in [5.74, 6) is 0. The number of hydrogen-bond donors (Lipinski definition) is 2. The average molecular weight is 579 g/mol. The first kappa shape index (κ1) is 25.1. The number of sulfone groups is 1. The van der Waals surface area contributed by atoms with E-state index in [1.54, 1.807) is 18.2 Å². The first-order valence-electron chi connectivity index (χ1n) is 8.81. The highest BCUT2D eigenvalue weighted by atomic mass is 127. The highest BCUT2D eigenvalue weighted by Crippen LogP contribution is 2.26. The molecule has 0 atom stereocenters. The summed E-state index contributed by atoms with van der Waals surface area (Å²) in [6.07, 6.45) is 0.973. The number of hydrogen-bond acceptors (Lipinski definition) is 7. The van der Waals surface area contributed by atoms with Crippen LogP contribution in [0.25, 0.3) is 10.9 Å². The second kappa shape index (κ2) is 9.53. The second-order valence-electron chi connectivity index (χ2n) is 7.42. The number of halogens is 1. The van der Waals surface area contributed by atoms with Gasteiger partial charge in [0.1, 0.15) is 14.2 Å². The molecule has 0 unspecified atom stereocenters. The molecule has 0 amide bonds. The van der Waals surface area contributed by atoms with Gasteiger partial charge < -0.3 is 4.74 Å². The Morgan fingerprint density at radius 1 is 1.06 bits per heavy atom. The first-order valence-corrected chi connectivity index (χ1v) is 13.3. The summed E-state index contributed by atoms with van der Waals surface area (Å²) in [7, 11) is -7.73. The maximum Gasteiger partial charge on any atom is 0.293 e. The number of sulfonamides is 1. The molecule has 1 heterocycles. The van der Waals surface area contributed by atoms with Crippen LogP contribution in [0.5, 0.6) is 0 Å². The number of carbonyl (C=O) groups excluding carboxylic acids is 1. The van der Waals surface area contributed by atoms with Crippen LogP contribution < -0.4 is 4.72 Å². The van der Waals surface area contributed by atoms with Crippen molar-refractivity contribution in [2.45, 2.75) is 36.2 Å². The summed E-state index contributed by atoms with van der Waals surface area (Å²) in [4.78, 5) is 9.08. The van der Waals surface area contributed by atoms with Gasteiger partial charge in [-0.05, 0) is 73.7 Å². The molecule has 0 aliphatic rings. The van der Waals surface area contributed by atoms with Gasteiger partial charge in [0.25, 0.3) is 16.5 Å². The molecule has 12 heteroatoms. The zero-order chi connectivity index (χ0) is 23.4. The van der Waals surface area contributed by atoms with Gasteiger partial charge in [0.05, 0.1) is 10.4 Å². The Morgan fingerprint density at radius 2 is 1.68 bits per heavy atom. The Balaban J connectivity index is 0.000000423. The zero-order valence-electron chi connectivity index (χ0n) is 17.2. The number of anilines is 1. The predicted molar refractivity (Wildman–Crippen MR) is 126 cm³/mol. The number of H-pyrrole nitrogens is 1. The summed E-state index contributed by atoms with van der Waals surface area (Å²) in [6.45, 7) is 5.92. The standard InChI is InChI=1S/C14H12IN3O4S2.C5H10O2/c1-23(19,20)12-4-2-3-5-13(12)24(21,22)18-9-6-7-11-10(8-9)14(15)17-16-11;1-5(2,3)7-4-6/h2-8,18H,1H3,(H,16,17);4H,1-3H3. The van der Waals surface area contributed by atoms with E-state index in [4.69, 9.17) is 0 Å². The highest BCUT2D eigenvalue weighted by molar-refractivity contribution is 14.1. The normalized spacial score (nSPS) is 12.0. The molecule has 0 saturated heterocycles. The van der Waals surface area contributed by atoms with E-state index in [2.05, 4.69) is 42.2 Å². The quantitative estimate of drug-likeness (QED) is 0.350. The smallest absolute Gasteiger partial charge is 0.293 e. The number of benzene rings is 2. The average Bonchev–Trinajstić information content (AvgIpc) is 3.01. The Kier molecular flexibility index (Phi) is 7.70. The van der Waals surface area contributed by atoms with Crippen molar-refractivity contribution >= 4 is 65.5 Å². The fraction of sp³-hybridized carbons (Fsp3) is 0.263. The minimum atomic E-state index is -4.05. The third kappa shape index (κ3) is 6.90. The van der Waals surface area contributed by atoms with Gasteiger partial charge in [-0.15, -0.1) is 0 Å². The number of carbonyl (C=O) groups is 1. The zero-order valence-corrected chi connectivity index (χ0v) is 21.0. The lowest BCUT2D eigenvalue weighted by molar-refractivity contribution is -0.138. The molecule has 0 aliphatic heterocycles. The molecule has 31 heavy (non-hydrogen) atoms. The van der Waals surface area contributed by atoms with Crippen molar-refractivity contribution in [3.63, 3.8) is 0 Å². The lowest BCUT2D eigenvalue weighted by Gasteiger charge is -2.14. The fourth-order valence-corrected chi connectivity index (χ4v) is 5.61. The van der Waals surface area contributed by atoms with Crippen molar-refractivity contribution in [3.8, 4) is 0 Å². The van der Waals surface area contributed by atoms with Gasteiger partial charge in [0.15, 0.2) is 9.84 Å². The molecule has 0 spiro atoms. The van der Waals surface area contributed by atoms with Crippen LogP contribution in [0.1, 0.15) is 20.8 Å². The molecule has 0 bridgehead atoms. The molecule has 0 fully saturated rings. The van der Waals surface area contributed by atoms with Crippen LogP contribution in [0.4, 0.5) is 5.69 Å². The number of rotatable bonds is 5. The van der Waals surface area contributed by atoms with E-state index in [0.717, 1.165) is 15.3 Å². The molecule has 2 aromatic carbocycles. The maximum atomic E-state index is 12.6. The van der Waals surface area contributed by atoms with Crippen molar-refractivity contribution in [2.75, 3.05) is 11.0 Å². The Bertz CT molecular complexity index is 1300. The van der Waals surface area contributed by atoms with E-state index in [9.17, 15) is 21.6 Å². The van der Waals surface area contributed by atoms with E-state index in [1.165, 1.54) is 24.3 Å². The van der Waals surface area contributed by atoms with Crippen LogP contribution >= 0.6 is 22.6 Å². The lowest BCUT2D eigenvalue weighted by atomic mass is 10.2. The van der Waals surface area contributed by atoms with Crippen LogP contribution in [0, 0.1) is 3.70 Å². The van der Waals surface area contributed by atoms with Gasteiger partial charge in [0, 0.05) is 17.3 Å². The van der Waals surface area contributed by atoms with E-state index < -0.39 is 19.9 Å². The third-order valence-electron chi connectivity index (χ3n) is 3.70. The molecule has 168 valence electrons.